The van der Waals surface area contributed by atoms with Crippen molar-refractivity contribution in [3.63, 3.8) is 0 Å². The van der Waals surface area contributed by atoms with Gasteiger partial charge in [0.15, 0.2) is 0 Å². The lowest BCUT2D eigenvalue weighted by molar-refractivity contribution is -0.149. The maximum atomic E-state index is 12.7. The van der Waals surface area contributed by atoms with Gasteiger partial charge < -0.3 is 14.4 Å². The summed E-state index contributed by atoms with van der Waals surface area (Å²) in [6, 6.07) is 11.8. The van der Waals surface area contributed by atoms with Crippen molar-refractivity contribution in [2.45, 2.75) is 6.54 Å². The molecule has 27 heavy (non-hydrogen) atoms. The maximum Gasteiger partial charge on any atom is 0.313 e. The summed E-state index contributed by atoms with van der Waals surface area (Å²) in [5.74, 6) is -0.668. The van der Waals surface area contributed by atoms with E-state index in [0.717, 1.165) is 16.9 Å². The molecule has 0 aliphatic carbocycles. The van der Waals surface area contributed by atoms with E-state index in [4.69, 9.17) is 4.42 Å². The largest absolute Gasteiger partial charge is 0.481 e. The van der Waals surface area contributed by atoms with Crippen LogP contribution in [0.25, 0.3) is 11.3 Å². The summed E-state index contributed by atoms with van der Waals surface area (Å²) in [5, 5.41) is 9.89. The van der Waals surface area contributed by atoms with Gasteiger partial charge in [0.25, 0.3) is 0 Å². The first-order valence-electron chi connectivity index (χ1n) is 9.02. The fourth-order valence-electron chi connectivity index (χ4n) is 4.36. The van der Waals surface area contributed by atoms with E-state index in [-0.39, 0.29) is 12.5 Å². The summed E-state index contributed by atoms with van der Waals surface area (Å²) in [6.07, 6.45) is 3.29. The van der Waals surface area contributed by atoms with Crippen LogP contribution in [0.5, 0.6) is 0 Å². The van der Waals surface area contributed by atoms with E-state index in [1.54, 1.807) is 17.2 Å². The lowest BCUT2D eigenvalue weighted by Crippen LogP contribution is -2.40. The van der Waals surface area contributed by atoms with Gasteiger partial charge in [-0.1, -0.05) is 24.3 Å². The van der Waals surface area contributed by atoms with Gasteiger partial charge in [-0.05, 0) is 23.8 Å². The van der Waals surface area contributed by atoms with E-state index in [2.05, 4.69) is 11.5 Å². The van der Waals surface area contributed by atoms with E-state index in [1.807, 2.05) is 36.4 Å². The number of likely N-dealkylation sites (tertiary alicyclic amines) is 2. The molecule has 3 heterocycles. The van der Waals surface area contributed by atoms with Gasteiger partial charge in [0.05, 0.1) is 12.2 Å². The van der Waals surface area contributed by atoms with Crippen LogP contribution in [-0.2, 0) is 16.1 Å². The first-order chi connectivity index (χ1) is 13.0. The maximum absolute atomic E-state index is 12.7. The van der Waals surface area contributed by atoms with Crippen LogP contribution >= 0.6 is 0 Å². The zero-order valence-corrected chi connectivity index (χ0v) is 15.0. The summed E-state index contributed by atoms with van der Waals surface area (Å²) in [6.45, 7) is 5.75. The fourth-order valence-corrected chi connectivity index (χ4v) is 4.36. The number of amides is 1. The smallest absolute Gasteiger partial charge is 0.313 e. The molecular formula is C21H22N2O4. The molecule has 0 radical (unpaired) electrons. The van der Waals surface area contributed by atoms with Gasteiger partial charge in [-0.15, -0.1) is 6.58 Å². The van der Waals surface area contributed by atoms with E-state index in [0.29, 0.717) is 26.2 Å². The highest BCUT2D eigenvalue weighted by Crippen LogP contribution is 2.44. The topological polar surface area (TPSA) is 74.0 Å². The lowest BCUT2D eigenvalue weighted by Gasteiger charge is -2.24. The molecule has 2 aliphatic rings. The number of benzene rings is 1. The minimum Gasteiger partial charge on any atom is -0.481 e. The number of rotatable bonds is 6. The summed E-state index contributed by atoms with van der Waals surface area (Å²) >= 11 is 0. The second kappa shape index (κ2) is 6.70. The number of nitrogens with zero attached hydrogens (tertiary/aromatic N) is 2. The predicted octanol–water partition coefficient (Wildman–Crippen LogP) is 2.48. The molecule has 1 amide bonds. The molecule has 6 nitrogen and oxygen atoms in total. The summed E-state index contributed by atoms with van der Waals surface area (Å²) < 4.78 is 5.45. The first kappa shape index (κ1) is 17.5. The molecule has 0 bridgehead atoms. The van der Waals surface area contributed by atoms with Crippen molar-refractivity contribution in [2.75, 3.05) is 26.2 Å². The number of carbonyl (C=O) groups excluding carboxylic acids is 1. The number of hydrogen-bond acceptors (Lipinski definition) is 4. The minimum absolute atomic E-state index is 0.0795. The van der Waals surface area contributed by atoms with Crippen molar-refractivity contribution in [2.24, 2.45) is 11.3 Å². The Balaban J connectivity index is 1.53. The van der Waals surface area contributed by atoms with Crippen LogP contribution in [0.1, 0.15) is 5.56 Å². The van der Waals surface area contributed by atoms with Crippen LogP contribution in [-0.4, -0.2) is 53.0 Å². The molecule has 0 unspecified atom stereocenters. The summed E-state index contributed by atoms with van der Waals surface area (Å²) in [7, 11) is 0. The quantitative estimate of drug-likeness (QED) is 0.795. The normalized spacial score (nSPS) is 25.0. The third-order valence-corrected chi connectivity index (χ3v) is 5.61. The Kier molecular flexibility index (Phi) is 4.36. The van der Waals surface area contributed by atoms with E-state index < -0.39 is 17.3 Å². The van der Waals surface area contributed by atoms with Gasteiger partial charge in [0, 0.05) is 38.3 Å². The molecule has 2 aliphatic heterocycles. The standard InChI is InChI=1S/C21H22N2O4/c1-2-8-23-14-21(20(25)26)13-22(12-17(21)19(23)24)11-15-5-3-6-16(10-15)18-7-4-9-27-18/h2-7,9-10,17H,1,8,11-14H2,(H,25,26)/t17-,21-/m1/s1. The van der Waals surface area contributed by atoms with Crippen LogP contribution in [0, 0.1) is 11.3 Å². The van der Waals surface area contributed by atoms with Gasteiger partial charge in [0.1, 0.15) is 11.2 Å². The molecular weight excluding hydrogens is 344 g/mol. The number of carboxylic acid groups (broad SMARTS) is 1. The second-order valence-electron chi connectivity index (χ2n) is 7.37. The van der Waals surface area contributed by atoms with Crippen LogP contribution < -0.4 is 0 Å². The Hall–Kier alpha value is -2.86. The summed E-state index contributed by atoms with van der Waals surface area (Å²) in [4.78, 5) is 28.4. The van der Waals surface area contributed by atoms with Gasteiger partial charge in [-0.2, -0.15) is 0 Å². The zero-order valence-electron chi connectivity index (χ0n) is 15.0. The number of carboxylic acids is 1. The third-order valence-electron chi connectivity index (χ3n) is 5.61. The Morgan fingerprint density at radius 3 is 2.85 bits per heavy atom. The number of furan rings is 1. The van der Waals surface area contributed by atoms with Gasteiger partial charge in [0.2, 0.25) is 5.91 Å². The fraction of sp³-hybridized carbons (Fsp3) is 0.333. The average Bonchev–Trinajstić information content (AvgIpc) is 3.34. The zero-order chi connectivity index (χ0) is 19.0. The number of carbonyl (C=O) groups is 2. The van der Waals surface area contributed by atoms with Gasteiger partial charge in [-0.3, -0.25) is 14.5 Å². The van der Waals surface area contributed by atoms with Crippen LogP contribution in [0.4, 0.5) is 0 Å². The first-order valence-corrected chi connectivity index (χ1v) is 9.02. The molecule has 1 aromatic carbocycles. The monoisotopic (exact) mass is 366 g/mol. The number of aliphatic carboxylic acids is 1. The molecule has 2 fully saturated rings. The molecule has 2 aromatic rings. The van der Waals surface area contributed by atoms with Gasteiger partial charge >= 0.3 is 5.97 Å². The Morgan fingerprint density at radius 2 is 2.19 bits per heavy atom. The number of fused-ring (bicyclic) bond motifs is 1. The molecule has 2 atom stereocenters. The van der Waals surface area contributed by atoms with Crippen molar-refractivity contribution < 1.29 is 19.1 Å². The molecule has 0 spiro atoms. The Morgan fingerprint density at radius 1 is 1.33 bits per heavy atom. The van der Waals surface area contributed by atoms with Crippen molar-refractivity contribution in [3.05, 3.63) is 60.9 Å². The Bertz CT molecular complexity index is 876. The van der Waals surface area contributed by atoms with Crippen molar-refractivity contribution in [1.29, 1.82) is 0 Å². The highest BCUT2D eigenvalue weighted by Gasteiger charge is 2.61. The Labute approximate surface area is 157 Å². The average molecular weight is 366 g/mol. The third kappa shape index (κ3) is 2.96. The molecule has 1 aromatic heterocycles. The predicted molar refractivity (Wildman–Crippen MR) is 99.8 cm³/mol. The lowest BCUT2D eigenvalue weighted by atomic mass is 9.81. The molecule has 2 saturated heterocycles. The van der Waals surface area contributed by atoms with Crippen LogP contribution in [0.3, 0.4) is 0 Å². The molecule has 1 N–H and O–H groups in total. The molecule has 6 heteroatoms. The highest BCUT2D eigenvalue weighted by atomic mass is 16.4. The van der Waals surface area contributed by atoms with E-state index in [9.17, 15) is 14.7 Å². The molecule has 0 saturated carbocycles. The molecule has 140 valence electrons. The van der Waals surface area contributed by atoms with Crippen LogP contribution in [0.2, 0.25) is 0 Å². The molecule has 4 rings (SSSR count). The number of hydrogen-bond donors (Lipinski definition) is 1. The van der Waals surface area contributed by atoms with Gasteiger partial charge in [-0.25, -0.2) is 0 Å². The SMILES string of the molecule is C=CCN1C[C@]2(C(=O)O)CN(Cc3cccc(-c4ccco4)c3)C[C@@H]2C1=O. The second-order valence-corrected chi connectivity index (χ2v) is 7.37. The van der Waals surface area contributed by atoms with Crippen molar-refractivity contribution in [1.82, 2.24) is 9.80 Å². The van der Waals surface area contributed by atoms with E-state index in [1.165, 1.54) is 0 Å². The van der Waals surface area contributed by atoms with E-state index >= 15 is 0 Å². The van der Waals surface area contributed by atoms with Crippen LogP contribution in [0.15, 0.2) is 59.7 Å². The minimum atomic E-state index is -1.03. The van der Waals surface area contributed by atoms with Crippen molar-refractivity contribution in [3.8, 4) is 11.3 Å². The van der Waals surface area contributed by atoms with Crippen molar-refractivity contribution >= 4 is 11.9 Å². The highest BCUT2D eigenvalue weighted by molar-refractivity contribution is 5.92. The summed E-state index contributed by atoms with van der Waals surface area (Å²) in [5.41, 5.74) is 1.02.